The monoisotopic (exact) mass is 210 g/mol. The maximum Gasteiger partial charge on any atom is 0.182 e. The van der Waals surface area contributed by atoms with Gasteiger partial charge in [0.15, 0.2) is 10.8 Å². The lowest BCUT2D eigenvalue weighted by Gasteiger charge is -2.13. The van der Waals surface area contributed by atoms with Gasteiger partial charge in [-0.2, -0.15) is 0 Å². The topological polar surface area (TPSA) is 54.5 Å². The highest BCUT2D eigenvalue weighted by Crippen LogP contribution is 2.23. The van der Waals surface area contributed by atoms with E-state index in [2.05, 4.69) is 40.7 Å². The van der Waals surface area contributed by atoms with Crippen molar-refractivity contribution < 1.29 is 0 Å². The summed E-state index contributed by atoms with van der Waals surface area (Å²) in [4.78, 5) is 15.4. The fourth-order valence-electron chi connectivity index (χ4n) is 1.16. The molecule has 0 radical (unpaired) electrons. The number of aromatic amines is 1. The number of fused-ring (bicyclic) bond motifs is 1. The second kappa shape index (κ2) is 2.92. The van der Waals surface area contributed by atoms with Gasteiger partial charge < -0.3 is 4.98 Å². The molecule has 0 saturated carbocycles. The van der Waals surface area contributed by atoms with Crippen molar-refractivity contribution in [2.45, 2.75) is 26.2 Å². The maximum absolute atomic E-state index is 5.90. The van der Waals surface area contributed by atoms with Crippen molar-refractivity contribution >= 4 is 22.8 Å². The summed E-state index contributed by atoms with van der Waals surface area (Å²) in [5, 5.41) is 0.415. The molecule has 0 amide bonds. The maximum atomic E-state index is 5.90. The summed E-state index contributed by atoms with van der Waals surface area (Å²) < 4.78 is 0. The van der Waals surface area contributed by atoms with E-state index in [1.807, 2.05) is 0 Å². The van der Waals surface area contributed by atoms with Crippen molar-refractivity contribution in [1.29, 1.82) is 0 Å². The zero-order chi connectivity index (χ0) is 10.3. The average Bonchev–Trinajstić information content (AvgIpc) is 2.48. The van der Waals surface area contributed by atoms with Gasteiger partial charge in [0.05, 0.1) is 0 Å². The molecular formula is C9H11ClN4. The zero-order valence-corrected chi connectivity index (χ0v) is 9.05. The molecule has 2 heterocycles. The van der Waals surface area contributed by atoms with E-state index in [1.54, 1.807) is 0 Å². The summed E-state index contributed by atoms with van der Waals surface area (Å²) in [6.07, 6.45) is 1.41. The standard InChI is InChI=1S/C9H11ClN4/c1-9(2,3)8-13-5-6(10)11-4-12-7(5)14-8/h4H,1-3H3,(H,11,12,13,14). The lowest BCUT2D eigenvalue weighted by atomic mass is 9.96. The minimum absolute atomic E-state index is 0.0377. The highest BCUT2D eigenvalue weighted by molar-refractivity contribution is 6.33. The molecule has 5 heteroatoms. The van der Waals surface area contributed by atoms with Crippen molar-refractivity contribution in [1.82, 2.24) is 19.9 Å². The first-order chi connectivity index (χ1) is 6.48. The average molecular weight is 211 g/mol. The number of imidazole rings is 1. The molecule has 1 N–H and O–H groups in total. The molecule has 2 rings (SSSR count). The van der Waals surface area contributed by atoms with E-state index >= 15 is 0 Å². The van der Waals surface area contributed by atoms with Crippen molar-refractivity contribution in [3.8, 4) is 0 Å². The van der Waals surface area contributed by atoms with Gasteiger partial charge in [-0.25, -0.2) is 15.0 Å². The molecule has 0 bridgehead atoms. The summed E-state index contributed by atoms with van der Waals surface area (Å²) in [7, 11) is 0. The molecular weight excluding hydrogens is 200 g/mol. The Kier molecular flexibility index (Phi) is 1.96. The molecule has 4 nitrogen and oxygen atoms in total. The van der Waals surface area contributed by atoms with Crippen LogP contribution in [0.25, 0.3) is 11.2 Å². The quantitative estimate of drug-likeness (QED) is 0.679. The highest BCUT2D eigenvalue weighted by Gasteiger charge is 2.19. The third-order valence-electron chi connectivity index (χ3n) is 1.95. The molecule has 14 heavy (non-hydrogen) atoms. The fraction of sp³-hybridized carbons (Fsp3) is 0.444. The molecule has 0 aliphatic heterocycles. The van der Waals surface area contributed by atoms with Crippen molar-refractivity contribution in [3.63, 3.8) is 0 Å². The van der Waals surface area contributed by atoms with Crippen LogP contribution in [0, 0.1) is 0 Å². The lowest BCUT2D eigenvalue weighted by Crippen LogP contribution is -2.13. The number of halogens is 1. The van der Waals surface area contributed by atoms with Crippen LogP contribution in [0.2, 0.25) is 5.15 Å². The number of rotatable bonds is 0. The Hall–Kier alpha value is -1.16. The van der Waals surface area contributed by atoms with Crippen LogP contribution in [0.15, 0.2) is 6.33 Å². The van der Waals surface area contributed by atoms with Gasteiger partial charge in [-0.15, -0.1) is 0 Å². The Balaban J connectivity index is 2.69. The van der Waals surface area contributed by atoms with Crippen molar-refractivity contribution in [2.24, 2.45) is 0 Å². The van der Waals surface area contributed by atoms with Crippen LogP contribution in [0.4, 0.5) is 0 Å². The van der Waals surface area contributed by atoms with E-state index in [9.17, 15) is 0 Å². The van der Waals surface area contributed by atoms with Gasteiger partial charge in [0.1, 0.15) is 17.7 Å². The van der Waals surface area contributed by atoms with E-state index in [0.29, 0.717) is 16.3 Å². The first-order valence-corrected chi connectivity index (χ1v) is 4.73. The van der Waals surface area contributed by atoms with Gasteiger partial charge in [-0.05, 0) is 0 Å². The number of H-pyrrole nitrogens is 1. The lowest BCUT2D eigenvalue weighted by molar-refractivity contribution is 0.554. The Morgan fingerprint density at radius 1 is 1.29 bits per heavy atom. The Morgan fingerprint density at radius 2 is 2.00 bits per heavy atom. The van der Waals surface area contributed by atoms with Crippen molar-refractivity contribution in [3.05, 3.63) is 17.3 Å². The van der Waals surface area contributed by atoms with E-state index in [0.717, 1.165) is 5.82 Å². The van der Waals surface area contributed by atoms with Crippen LogP contribution in [0.5, 0.6) is 0 Å². The first kappa shape index (κ1) is 9.40. The molecule has 0 aromatic carbocycles. The molecule has 0 atom stereocenters. The Morgan fingerprint density at radius 3 is 2.57 bits per heavy atom. The summed E-state index contributed by atoms with van der Waals surface area (Å²) in [6, 6.07) is 0. The normalized spacial score (nSPS) is 12.3. The Labute approximate surface area is 86.7 Å². The molecule has 0 unspecified atom stereocenters. The number of aromatic nitrogens is 4. The SMILES string of the molecule is CC(C)(C)c1nc2ncnc(Cl)c2[nH]1. The van der Waals surface area contributed by atoms with Gasteiger partial charge in [0.25, 0.3) is 0 Å². The van der Waals surface area contributed by atoms with E-state index in [1.165, 1.54) is 6.33 Å². The molecule has 2 aromatic heterocycles. The van der Waals surface area contributed by atoms with Gasteiger partial charge in [-0.3, -0.25) is 0 Å². The fourth-order valence-corrected chi connectivity index (χ4v) is 1.33. The summed E-state index contributed by atoms with van der Waals surface area (Å²) in [5.41, 5.74) is 1.29. The summed E-state index contributed by atoms with van der Waals surface area (Å²) >= 11 is 5.90. The predicted octanol–water partition coefficient (Wildman–Crippen LogP) is 2.30. The van der Waals surface area contributed by atoms with E-state index in [-0.39, 0.29) is 5.41 Å². The second-order valence-electron chi connectivity index (χ2n) is 4.20. The molecule has 0 aliphatic rings. The third-order valence-corrected chi connectivity index (χ3v) is 2.24. The summed E-state index contributed by atoms with van der Waals surface area (Å²) in [6.45, 7) is 6.23. The number of nitrogens with zero attached hydrogens (tertiary/aromatic N) is 3. The third kappa shape index (κ3) is 1.46. The van der Waals surface area contributed by atoms with Crippen LogP contribution in [-0.2, 0) is 5.41 Å². The van der Waals surface area contributed by atoms with Crippen LogP contribution >= 0.6 is 11.6 Å². The Bertz CT molecular complexity index is 469. The largest absolute Gasteiger partial charge is 0.338 e. The number of hydrogen-bond acceptors (Lipinski definition) is 3. The van der Waals surface area contributed by atoms with Gasteiger partial charge in [-0.1, -0.05) is 32.4 Å². The molecule has 2 aromatic rings. The van der Waals surface area contributed by atoms with Gasteiger partial charge in [0.2, 0.25) is 0 Å². The van der Waals surface area contributed by atoms with Gasteiger partial charge in [0, 0.05) is 5.41 Å². The zero-order valence-electron chi connectivity index (χ0n) is 8.30. The van der Waals surface area contributed by atoms with Crippen LogP contribution in [0.3, 0.4) is 0 Å². The van der Waals surface area contributed by atoms with Crippen LogP contribution in [-0.4, -0.2) is 19.9 Å². The molecule has 74 valence electrons. The molecule has 0 saturated heterocycles. The minimum Gasteiger partial charge on any atom is -0.338 e. The molecule has 0 spiro atoms. The van der Waals surface area contributed by atoms with E-state index in [4.69, 9.17) is 11.6 Å². The highest BCUT2D eigenvalue weighted by atomic mass is 35.5. The van der Waals surface area contributed by atoms with E-state index < -0.39 is 0 Å². The molecule has 0 fully saturated rings. The van der Waals surface area contributed by atoms with Crippen LogP contribution < -0.4 is 0 Å². The predicted molar refractivity (Wildman–Crippen MR) is 55.4 cm³/mol. The first-order valence-electron chi connectivity index (χ1n) is 4.35. The number of hydrogen-bond donors (Lipinski definition) is 1. The minimum atomic E-state index is -0.0377. The summed E-state index contributed by atoms with van der Waals surface area (Å²) in [5.74, 6) is 0.870. The molecule has 0 aliphatic carbocycles. The second-order valence-corrected chi connectivity index (χ2v) is 4.56. The van der Waals surface area contributed by atoms with Gasteiger partial charge >= 0.3 is 0 Å². The smallest absolute Gasteiger partial charge is 0.182 e. The van der Waals surface area contributed by atoms with Crippen molar-refractivity contribution in [2.75, 3.05) is 0 Å². The van der Waals surface area contributed by atoms with Crippen LogP contribution in [0.1, 0.15) is 26.6 Å². The number of nitrogens with one attached hydrogen (secondary N) is 1.